The molecule has 0 aliphatic carbocycles. The summed E-state index contributed by atoms with van der Waals surface area (Å²) in [5, 5.41) is 20.6. The highest BCUT2D eigenvalue weighted by Crippen LogP contribution is 2.33. The Hall–Kier alpha value is -1.75. The smallest absolute Gasteiger partial charge is 0.123 e. The molecule has 1 unspecified atom stereocenters. The summed E-state index contributed by atoms with van der Waals surface area (Å²) in [5.74, 6) is 1.19. The minimum atomic E-state index is -0.603. The largest absolute Gasteiger partial charge is 0.508 e. The number of rotatable bonds is 4. The van der Waals surface area contributed by atoms with E-state index in [4.69, 9.17) is 4.74 Å². The number of piperidine rings is 1. The second-order valence-corrected chi connectivity index (χ2v) is 7.86. The van der Waals surface area contributed by atoms with E-state index >= 15 is 0 Å². The molecule has 2 aromatic carbocycles. The van der Waals surface area contributed by atoms with E-state index in [1.807, 2.05) is 18.2 Å². The van der Waals surface area contributed by atoms with Crippen LogP contribution in [0.5, 0.6) is 11.5 Å². The second-order valence-electron chi connectivity index (χ2n) is 7.86. The van der Waals surface area contributed by atoms with Gasteiger partial charge in [0.15, 0.2) is 0 Å². The topological polar surface area (TPSA) is 52.9 Å². The molecule has 0 radical (unpaired) electrons. The SMILES string of the molecule is Cc1ccccc1CC1(O)CCN(CC2Cc3cc(O)ccc3O2)CC1.Cl. The molecule has 0 saturated carbocycles. The van der Waals surface area contributed by atoms with Crippen LogP contribution in [0.2, 0.25) is 0 Å². The van der Waals surface area contributed by atoms with Crippen LogP contribution in [0, 0.1) is 6.92 Å². The maximum absolute atomic E-state index is 11.0. The van der Waals surface area contributed by atoms with E-state index < -0.39 is 5.60 Å². The van der Waals surface area contributed by atoms with Crippen molar-refractivity contribution in [2.45, 2.75) is 44.3 Å². The molecule has 2 aliphatic rings. The number of likely N-dealkylation sites (tertiary alicyclic amines) is 1. The summed E-state index contributed by atoms with van der Waals surface area (Å²) >= 11 is 0. The van der Waals surface area contributed by atoms with Crippen molar-refractivity contribution in [2.75, 3.05) is 19.6 Å². The molecule has 2 N–H and O–H groups in total. The van der Waals surface area contributed by atoms with Crippen LogP contribution >= 0.6 is 12.4 Å². The molecule has 0 aromatic heterocycles. The summed E-state index contributed by atoms with van der Waals surface area (Å²) in [6.07, 6.45) is 3.30. The van der Waals surface area contributed by atoms with Crippen LogP contribution in [-0.4, -0.2) is 46.5 Å². The highest BCUT2D eigenvalue weighted by molar-refractivity contribution is 5.85. The van der Waals surface area contributed by atoms with Gasteiger partial charge in [-0.1, -0.05) is 24.3 Å². The molecule has 0 amide bonds. The Balaban J connectivity index is 0.00000210. The van der Waals surface area contributed by atoms with Gasteiger partial charge in [-0.25, -0.2) is 0 Å². The lowest BCUT2D eigenvalue weighted by Gasteiger charge is -2.39. The predicted molar refractivity (Wildman–Crippen MR) is 109 cm³/mol. The first-order chi connectivity index (χ1) is 12.5. The summed E-state index contributed by atoms with van der Waals surface area (Å²) in [6, 6.07) is 13.7. The van der Waals surface area contributed by atoms with Crippen molar-refractivity contribution in [2.24, 2.45) is 0 Å². The van der Waals surface area contributed by atoms with E-state index in [-0.39, 0.29) is 18.5 Å². The molecule has 1 saturated heterocycles. The van der Waals surface area contributed by atoms with Crippen molar-refractivity contribution >= 4 is 12.4 Å². The number of phenols is 1. The van der Waals surface area contributed by atoms with Crippen LogP contribution < -0.4 is 4.74 Å². The Kier molecular flexibility index (Phi) is 5.99. The quantitative estimate of drug-likeness (QED) is 0.840. The molecule has 27 heavy (non-hydrogen) atoms. The highest BCUT2D eigenvalue weighted by Gasteiger charge is 2.34. The van der Waals surface area contributed by atoms with Crippen LogP contribution in [-0.2, 0) is 12.8 Å². The van der Waals surface area contributed by atoms with Crippen molar-refractivity contribution < 1.29 is 14.9 Å². The number of phenolic OH excluding ortho intramolecular Hbond substituents is 1. The van der Waals surface area contributed by atoms with Crippen LogP contribution in [0.25, 0.3) is 0 Å². The van der Waals surface area contributed by atoms with Gasteiger partial charge in [-0.05, 0) is 49.1 Å². The Labute approximate surface area is 167 Å². The lowest BCUT2D eigenvalue weighted by Crippen LogP contribution is -2.48. The lowest BCUT2D eigenvalue weighted by atomic mass is 9.84. The summed E-state index contributed by atoms with van der Waals surface area (Å²) in [6.45, 7) is 4.77. The van der Waals surface area contributed by atoms with Crippen LogP contribution in [0.15, 0.2) is 42.5 Å². The van der Waals surface area contributed by atoms with Gasteiger partial charge in [0.2, 0.25) is 0 Å². The molecule has 0 spiro atoms. The number of halogens is 1. The van der Waals surface area contributed by atoms with Crippen molar-refractivity contribution in [1.29, 1.82) is 0 Å². The van der Waals surface area contributed by atoms with Gasteiger partial charge >= 0.3 is 0 Å². The number of aliphatic hydroxyl groups is 1. The number of hydrogen-bond donors (Lipinski definition) is 2. The van der Waals surface area contributed by atoms with Crippen molar-refractivity contribution in [1.82, 2.24) is 4.90 Å². The van der Waals surface area contributed by atoms with E-state index in [0.29, 0.717) is 5.75 Å². The van der Waals surface area contributed by atoms with Crippen molar-refractivity contribution in [3.63, 3.8) is 0 Å². The molecular weight excluding hydrogens is 362 g/mol. The van der Waals surface area contributed by atoms with Gasteiger partial charge in [-0.15, -0.1) is 12.4 Å². The Bertz CT molecular complexity index is 787. The fourth-order valence-corrected chi connectivity index (χ4v) is 4.19. The van der Waals surface area contributed by atoms with Crippen LogP contribution in [0.1, 0.15) is 29.5 Å². The number of ether oxygens (including phenoxy) is 1. The molecule has 2 aliphatic heterocycles. The number of fused-ring (bicyclic) bond motifs is 1. The number of aryl methyl sites for hydroxylation is 1. The summed E-state index contributed by atoms with van der Waals surface area (Å²) in [5.41, 5.74) is 2.98. The first kappa shape index (κ1) is 20.0. The zero-order chi connectivity index (χ0) is 18.1. The van der Waals surface area contributed by atoms with Gasteiger partial charge in [0.1, 0.15) is 17.6 Å². The molecule has 1 fully saturated rings. The van der Waals surface area contributed by atoms with Crippen LogP contribution in [0.3, 0.4) is 0 Å². The molecule has 2 heterocycles. The first-order valence-electron chi connectivity index (χ1n) is 9.49. The number of nitrogens with zero attached hydrogens (tertiary/aromatic N) is 1. The fraction of sp³-hybridized carbons (Fsp3) is 0.455. The average molecular weight is 390 g/mol. The van der Waals surface area contributed by atoms with Gasteiger partial charge in [-0.2, -0.15) is 0 Å². The van der Waals surface area contributed by atoms with E-state index in [1.165, 1.54) is 11.1 Å². The summed E-state index contributed by atoms with van der Waals surface area (Å²) in [4.78, 5) is 2.39. The molecular formula is C22H28ClNO3. The molecule has 1 atom stereocenters. The number of aromatic hydroxyl groups is 1. The minimum Gasteiger partial charge on any atom is -0.508 e. The maximum Gasteiger partial charge on any atom is 0.123 e. The van der Waals surface area contributed by atoms with E-state index in [9.17, 15) is 10.2 Å². The highest BCUT2D eigenvalue weighted by atomic mass is 35.5. The normalized spacial score (nSPS) is 21.2. The van der Waals surface area contributed by atoms with Gasteiger partial charge in [0.05, 0.1) is 5.60 Å². The maximum atomic E-state index is 11.0. The van der Waals surface area contributed by atoms with Gasteiger partial charge in [0.25, 0.3) is 0 Å². The average Bonchev–Trinajstić information content (AvgIpc) is 3.01. The molecule has 4 rings (SSSR count). The second kappa shape index (κ2) is 8.09. The van der Waals surface area contributed by atoms with Gasteiger partial charge in [-0.3, -0.25) is 4.90 Å². The standard InChI is InChI=1S/C22H27NO3.ClH/c1-16-4-2-3-5-17(16)14-22(25)8-10-23(11-9-22)15-20-13-18-12-19(24)6-7-21(18)26-20;/h2-7,12,20,24-25H,8-11,13-15H2,1H3;1H. The number of benzene rings is 2. The van der Waals surface area contributed by atoms with Gasteiger partial charge < -0.3 is 14.9 Å². The monoisotopic (exact) mass is 389 g/mol. The lowest BCUT2D eigenvalue weighted by molar-refractivity contribution is -0.0265. The summed E-state index contributed by atoms with van der Waals surface area (Å²) in [7, 11) is 0. The molecule has 146 valence electrons. The third kappa shape index (κ3) is 4.57. The van der Waals surface area contributed by atoms with Crippen LogP contribution in [0.4, 0.5) is 0 Å². The Morgan fingerprint density at radius 2 is 1.89 bits per heavy atom. The molecule has 4 nitrogen and oxygen atoms in total. The zero-order valence-electron chi connectivity index (χ0n) is 15.7. The summed E-state index contributed by atoms with van der Waals surface area (Å²) < 4.78 is 6.01. The van der Waals surface area contributed by atoms with Crippen molar-refractivity contribution in [3.05, 3.63) is 59.2 Å². The fourth-order valence-electron chi connectivity index (χ4n) is 4.19. The third-order valence-electron chi connectivity index (χ3n) is 5.81. The van der Waals surface area contributed by atoms with E-state index in [0.717, 1.165) is 56.6 Å². The first-order valence-corrected chi connectivity index (χ1v) is 9.49. The zero-order valence-corrected chi connectivity index (χ0v) is 16.5. The molecule has 2 aromatic rings. The van der Waals surface area contributed by atoms with Gasteiger partial charge in [0, 0.05) is 38.0 Å². The molecule has 5 heteroatoms. The Morgan fingerprint density at radius 3 is 2.63 bits per heavy atom. The van der Waals surface area contributed by atoms with E-state index in [2.05, 4.69) is 24.0 Å². The minimum absolute atomic E-state index is 0. The number of hydrogen-bond acceptors (Lipinski definition) is 4. The van der Waals surface area contributed by atoms with Crippen molar-refractivity contribution in [3.8, 4) is 11.5 Å². The third-order valence-corrected chi connectivity index (χ3v) is 5.81. The van der Waals surface area contributed by atoms with E-state index in [1.54, 1.807) is 12.1 Å². The predicted octanol–water partition coefficient (Wildman–Crippen LogP) is 3.50. The Morgan fingerprint density at radius 1 is 1.15 bits per heavy atom. The molecule has 0 bridgehead atoms.